The zero-order valence-corrected chi connectivity index (χ0v) is 13.0. The molecular weight excluding hydrogens is 268 g/mol. The van der Waals surface area contributed by atoms with Gasteiger partial charge in [-0.1, -0.05) is 73.5 Å². The first-order valence-corrected chi connectivity index (χ1v) is 8.00. The molecule has 112 valence electrons. The van der Waals surface area contributed by atoms with E-state index in [1.807, 2.05) is 43.3 Å². The highest BCUT2D eigenvalue weighted by atomic mass is 16.3. The third-order valence-corrected chi connectivity index (χ3v) is 4.57. The van der Waals surface area contributed by atoms with Crippen LogP contribution in [0.3, 0.4) is 0 Å². The summed E-state index contributed by atoms with van der Waals surface area (Å²) in [5.74, 6) is 0. The molecule has 0 unspecified atom stereocenters. The summed E-state index contributed by atoms with van der Waals surface area (Å²) in [5.41, 5.74) is 7.12. The molecule has 0 heterocycles. The van der Waals surface area contributed by atoms with Crippen LogP contribution in [0.25, 0.3) is 5.57 Å². The van der Waals surface area contributed by atoms with Crippen LogP contribution in [0.2, 0.25) is 0 Å². The Morgan fingerprint density at radius 1 is 0.864 bits per heavy atom. The number of hydrogen-bond acceptors (Lipinski definition) is 1. The highest BCUT2D eigenvalue weighted by molar-refractivity contribution is 5.79. The monoisotopic (exact) mass is 290 g/mol. The van der Waals surface area contributed by atoms with Gasteiger partial charge in [0.05, 0.1) is 5.60 Å². The molecule has 22 heavy (non-hydrogen) atoms. The molecule has 0 bridgehead atoms. The minimum absolute atomic E-state index is 0.672. The minimum Gasteiger partial charge on any atom is -0.385 e. The number of aliphatic hydroxyl groups is 1. The van der Waals surface area contributed by atoms with E-state index in [1.54, 1.807) is 0 Å². The topological polar surface area (TPSA) is 20.2 Å². The van der Waals surface area contributed by atoms with Gasteiger partial charge in [0.1, 0.15) is 0 Å². The van der Waals surface area contributed by atoms with Crippen molar-refractivity contribution in [3.8, 4) is 0 Å². The molecule has 1 fully saturated rings. The van der Waals surface area contributed by atoms with Gasteiger partial charge in [0, 0.05) is 11.1 Å². The standard InChI is InChI=1S/C21H22O/c1-17(21(22)14-8-9-15-21)16-20(18-10-4-2-5-11-18)19-12-6-3-7-13-19/h2-7,10-13,22H,8-9,14-15H2,1H3. The van der Waals surface area contributed by atoms with Crippen molar-refractivity contribution in [3.63, 3.8) is 0 Å². The van der Waals surface area contributed by atoms with Gasteiger partial charge in [0.25, 0.3) is 0 Å². The Bertz CT molecular complexity index is 644. The van der Waals surface area contributed by atoms with Crippen LogP contribution >= 0.6 is 0 Å². The van der Waals surface area contributed by atoms with E-state index >= 15 is 0 Å². The van der Waals surface area contributed by atoms with Gasteiger partial charge >= 0.3 is 0 Å². The number of benzene rings is 2. The number of rotatable bonds is 3. The summed E-state index contributed by atoms with van der Waals surface area (Å²) in [6.07, 6.45) is 3.90. The van der Waals surface area contributed by atoms with E-state index in [9.17, 15) is 5.11 Å². The van der Waals surface area contributed by atoms with Crippen LogP contribution in [0.15, 0.2) is 72.0 Å². The fraction of sp³-hybridized carbons (Fsp3) is 0.286. The van der Waals surface area contributed by atoms with Crippen molar-refractivity contribution in [2.45, 2.75) is 38.2 Å². The number of hydrogen-bond donors (Lipinski definition) is 1. The van der Waals surface area contributed by atoms with Crippen molar-refractivity contribution in [2.75, 3.05) is 0 Å². The summed E-state index contributed by atoms with van der Waals surface area (Å²) >= 11 is 0. The van der Waals surface area contributed by atoms with E-state index in [1.165, 1.54) is 0 Å². The molecule has 3 rings (SSSR count). The Labute approximate surface area is 132 Å². The first kappa shape index (κ1) is 14.8. The van der Waals surface area contributed by atoms with Gasteiger partial charge in [-0.25, -0.2) is 0 Å². The average Bonchev–Trinajstić information content (AvgIpc) is 3.02. The fourth-order valence-corrected chi connectivity index (χ4v) is 3.16. The molecule has 0 saturated heterocycles. The van der Waals surface area contributed by atoms with Gasteiger partial charge in [-0.05, 0) is 30.9 Å². The second-order valence-corrected chi connectivity index (χ2v) is 6.10. The Morgan fingerprint density at radius 3 is 1.77 bits per heavy atom. The maximum absolute atomic E-state index is 10.8. The quantitative estimate of drug-likeness (QED) is 0.791. The van der Waals surface area contributed by atoms with Crippen LogP contribution in [0.1, 0.15) is 43.7 Å². The molecule has 0 spiro atoms. The molecule has 0 radical (unpaired) electrons. The smallest absolute Gasteiger partial charge is 0.0927 e. The Kier molecular flexibility index (Phi) is 4.29. The second kappa shape index (κ2) is 6.36. The van der Waals surface area contributed by atoms with Crippen LogP contribution in [-0.4, -0.2) is 10.7 Å². The normalized spacial score (nSPS) is 16.1. The third-order valence-electron chi connectivity index (χ3n) is 4.57. The Hall–Kier alpha value is -2.08. The molecule has 2 aromatic rings. The molecular formula is C21H22O. The minimum atomic E-state index is -0.672. The van der Waals surface area contributed by atoms with E-state index in [0.29, 0.717) is 0 Å². The predicted molar refractivity (Wildman–Crippen MR) is 91.5 cm³/mol. The van der Waals surface area contributed by atoms with Crippen molar-refractivity contribution in [2.24, 2.45) is 0 Å². The van der Waals surface area contributed by atoms with Crippen LogP contribution in [0.4, 0.5) is 0 Å². The van der Waals surface area contributed by atoms with E-state index in [0.717, 1.165) is 48.0 Å². The molecule has 0 aliphatic heterocycles. The maximum atomic E-state index is 10.8. The van der Waals surface area contributed by atoms with Crippen molar-refractivity contribution < 1.29 is 5.11 Å². The van der Waals surface area contributed by atoms with Crippen molar-refractivity contribution in [1.29, 1.82) is 0 Å². The lowest BCUT2D eigenvalue weighted by atomic mass is 9.91. The van der Waals surface area contributed by atoms with Gasteiger partial charge < -0.3 is 5.11 Å². The summed E-state index contributed by atoms with van der Waals surface area (Å²) < 4.78 is 0. The Morgan fingerprint density at radius 2 is 1.32 bits per heavy atom. The summed E-state index contributed by atoms with van der Waals surface area (Å²) in [6, 6.07) is 20.6. The zero-order chi connectivity index (χ0) is 15.4. The summed E-state index contributed by atoms with van der Waals surface area (Å²) in [6.45, 7) is 2.01. The van der Waals surface area contributed by atoms with Crippen LogP contribution in [0.5, 0.6) is 0 Å². The zero-order valence-electron chi connectivity index (χ0n) is 13.0. The van der Waals surface area contributed by atoms with Gasteiger partial charge in [0.2, 0.25) is 0 Å². The molecule has 0 amide bonds. The highest BCUT2D eigenvalue weighted by Crippen LogP contribution is 2.36. The largest absolute Gasteiger partial charge is 0.385 e. The van der Waals surface area contributed by atoms with Crippen molar-refractivity contribution in [3.05, 3.63) is 83.1 Å². The molecule has 1 heteroatoms. The molecule has 1 saturated carbocycles. The SMILES string of the molecule is CC(=C=C(c1ccccc1)c1ccccc1)C1(O)CCCC1. The maximum Gasteiger partial charge on any atom is 0.0927 e. The first-order chi connectivity index (χ1) is 10.7. The lowest BCUT2D eigenvalue weighted by Crippen LogP contribution is -2.24. The predicted octanol–water partition coefficient (Wildman–Crippen LogP) is 4.97. The van der Waals surface area contributed by atoms with Crippen molar-refractivity contribution in [1.82, 2.24) is 0 Å². The second-order valence-electron chi connectivity index (χ2n) is 6.10. The van der Waals surface area contributed by atoms with E-state index in [-0.39, 0.29) is 0 Å². The third kappa shape index (κ3) is 3.06. The molecule has 1 aliphatic rings. The van der Waals surface area contributed by atoms with Gasteiger partial charge in [-0.3, -0.25) is 0 Å². The van der Waals surface area contributed by atoms with Crippen molar-refractivity contribution >= 4 is 5.57 Å². The van der Waals surface area contributed by atoms with E-state index in [4.69, 9.17) is 0 Å². The lowest BCUT2D eigenvalue weighted by molar-refractivity contribution is 0.0866. The Balaban J connectivity index is 2.16. The lowest BCUT2D eigenvalue weighted by Gasteiger charge is -2.21. The van der Waals surface area contributed by atoms with Gasteiger partial charge in [0.15, 0.2) is 0 Å². The van der Waals surface area contributed by atoms with E-state index < -0.39 is 5.60 Å². The first-order valence-electron chi connectivity index (χ1n) is 8.00. The molecule has 1 nitrogen and oxygen atoms in total. The fourth-order valence-electron chi connectivity index (χ4n) is 3.16. The molecule has 0 atom stereocenters. The van der Waals surface area contributed by atoms with Crippen LogP contribution < -0.4 is 0 Å². The van der Waals surface area contributed by atoms with Crippen LogP contribution in [0, 0.1) is 0 Å². The van der Waals surface area contributed by atoms with Gasteiger partial charge in [-0.2, -0.15) is 0 Å². The van der Waals surface area contributed by atoms with Crippen LogP contribution in [-0.2, 0) is 0 Å². The molecule has 2 aromatic carbocycles. The highest BCUT2D eigenvalue weighted by Gasteiger charge is 2.32. The molecule has 1 aliphatic carbocycles. The van der Waals surface area contributed by atoms with Gasteiger partial charge in [-0.15, -0.1) is 5.73 Å². The summed E-state index contributed by atoms with van der Waals surface area (Å²) in [4.78, 5) is 0. The average molecular weight is 290 g/mol. The van der Waals surface area contributed by atoms with E-state index in [2.05, 4.69) is 30.0 Å². The summed E-state index contributed by atoms with van der Waals surface area (Å²) in [7, 11) is 0. The summed E-state index contributed by atoms with van der Waals surface area (Å²) in [5, 5.41) is 10.8. The molecule has 1 N–H and O–H groups in total. The molecule has 0 aromatic heterocycles.